The maximum absolute atomic E-state index is 14.8. The van der Waals surface area contributed by atoms with E-state index in [1.807, 2.05) is 13.8 Å². The number of halogens is 2. The van der Waals surface area contributed by atoms with E-state index < -0.39 is 23.6 Å². The molecule has 1 aromatic rings. The van der Waals surface area contributed by atoms with Gasteiger partial charge in [0.1, 0.15) is 11.6 Å². The SMILES string of the molecule is COC(=O)C1=C(C)N=C2CC(C)(C)CC(=O)C2C1c1ccc(Br)cc1F. The van der Waals surface area contributed by atoms with Gasteiger partial charge in [-0.3, -0.25) is 9.79 Å². The number of Topliss-reactive ketones (excluding diaryl/α,β-unsaturated/α-hetero) is 1. The summed E-state index contributed by atoms with van der Waals surface area (Å²) in [5, 5.41) is 0. The average molecular weight is 422 g/mol. The molecular formula is C20H21BrFNO3. The van der Waals surface area contributed by atoms with Crippen molar-refractivity contribution in [2.24, 2.45) is 16.3 Å². The Bertz CT molecular complexity index is 857. The molecule has 0 spiro atoms. The molecule has 0 bridgehead atoms. The molecule has 2 unspecified atom stereocenters. The predicted octanol–water partition coefficient (Wildman–Crippen LogP) is 4.58. The van der Waals surface area contributed by atoms with Crippen LogP contribution in [0.2, 0.25) is 0 Å². The Labute approximate surface area is 160 Å². The molecule has 3 rings (SSSR count). The van der Waals surface area contributed by atoms with Gasteiger partial charge in [0.25, 0.3) is 0 Å². The quantitative estimate of drug-likeness (QED) is 0.656. The predicted molar refractivity (Wildman–Crippen MR) is 101 cm³/mol. The molecule has 1 aromatic carbocycles. The normalized spacial score (nSPS) is 24.8. The van der Waals surface area contributed by atoms with E-state index in [4.69, 9.17) is 4.74 Å². The average Bonchev–Trinajstić information content (AvgIpc) is 2.51. The Morgan fingerprint density at radius 3 is 2.62 bits per heavy atom. The van der Waals surface area contributed by atoms with Crippen molar-refractivity contribution >= 4 is 33.4 Å². The number of hydrogen-bond donors (Lipinski definition) is 0. The molecule has 2 aliphatic rings. The van der Waals surface area contributed by atoms with Crippen LogP contribution >= 0.6 is 15.9 Å². The fraction of sp³-hybridized carbons (Fsp3) is 0.450. The van der Waals surface area contributed by atoms with Crippen LogP contribution < -0.4 is 0 Å². The lowest BCUT2D eigenvalue weighted by atomic mass is 9.63. The monoisotopic (exact) mass is 421 g/mol. The van der Waals surface area contributed by atoms with Crippen molar-refractivity contribution in [3.8, 4) is 0 Å². The molecular weight excluding hydrogens is 401 g/mol. The number of carbonyl (C=O) groups excluding carboxylic acids is 2. The standard InChI is InChI=1S/C20H21BrFNO3/c1-10-16(19(25)26-4)17(12-6-5-11(21)7-13(12)22)18-14(23-10)8-20(2,3)9-15(18)24/h5-7,17-18H,8-9H2,1-4H3. The number of carbonyl (C=O) groups is 2. The summed E-state index contributed by atoms with van der Waals surface area (Å²) in [6, 6.07) is 4.68. The van der Waals surface area contributed by atoms with Gasteiger partial charge in [-0.05, 0) is 36.5 Å². The van der Waals surface area contributed by atoms with Crippen LogP contribution in [0.5, 0.6) is 0 Å². The molecule has 0 saturated heterocycles. The van der Waals surface area contributed by atoms with Gasteiger partial charge in [-0.2, -0.15) is 0 Å². The first-order valence-corrected chi connectivity index (χ1v) is 9.28. The van der Waals surface area contributed by atoms with Gasteiger partial charge in [-0.25, -0.2) is 9.18 Å². The Hall–Kier alpha value is -1.82. The molecule has 26 heavy (non-hydrogen) atoms. The highest BCUT2D eigenvalue weighted by Gasteiger charge is 2.48. The first-order chi connectivity index (χ1) is 12.1. The lowest BCUT2D eigenvalue weighted by molar-refractivity contribution is -0.136. The Kier molecular flexibility index (Phi) is 4.90. The van der Waals surface area contributed by atoms with E-state index in [0.717, 1.165) is 5.71 Å². The largest absolute Gasteiger partial charge is 0.466 e. The highest BCUT2D eigenvalue weighted by atomic mass is 79.9. The molecule has 4 nitrogen and oxygen atoms in total. The van der Waals surface area contributed by atoms with E-state index in [1.54, 1.807) is 19.1 Å². The number of methoxy groups -OCH3 is 1. The van der Waals surface area contributed by atoms with E-state index in [2.05, 4.69) is 20.9 Å². The van der Waals surface area contributed by atoms with Crippen LogP contribution in [-0.4, -0.2) is 24.6 Å². The minimum absolute atomic E-state index is 0.0128. The Balaban J connectivity index is 2.22. The van der Waals surface area contributed by atoms with Crippen molar-refractivity contribution in [2.45, 2.75) is 39.5 Å². The second kappa shape index (κ2) is 6.72. The second-order valence-electron chi connectivity index (χ2n) is 7.70. The van der Waals surface area contributed by atoms with E-state index >= 15 is 0 Å². The second-order valence-corrected chi connectivity index (χ2v) is 8.61. The lowest BCUT2D eigenvalue weighted by Gasteiger charge is -2.41. The molecule has 1 aliphatic carbocycles. The molecule has 0 aromatic heterocycles. The van der Waals surface area contributed by atoms with Gasteiger partial charge in [0.05, 0.1) is 18.6 Å². The highest BCUT2D eigenvalue weighted by molar-refractivity contribution is 9.10. The number of ether oxygens (including phenoxy) is 1. The van der Waals surface area contributed by atoms with Gasteiger partial charge in [0.2, 0.25) is 0 Å². The smallest absolute Gasteiger partial charge is 0.336 e. The first-order valence-electron chi connectivity index (χ1n) is 8.49. The van der Waals surface area contributed by atoms with Crippen LogP contribution in [0.25, 0.3) is 0 Å². The van der Waals surface area contributed by atoms with Crippen LogP contribution in [0.1, 0.15) is 45.1 Å². The van der Waals surface area contributed by atoms with Crippen molar-refractivity contribution in [3.63, 3.8) is 0 Å². The van der Waals surface area contributed by atoms with Gasteiger partial charge in [0, 0.05) is 28.2 Å². The third kappa shape index (κ3) is 3.27. The molecule has 1 heterocycles. The van der Waals surface area contributed by atoms with Crippen LogP contribution in [0.15, 0.2) is 38.9 Å². The third-order valence-electron chi connectivity index (χ3n) is 5.07. The van der Waals surface area contributed by atoms with E-state index in [-0.39, 0.29) is 16.8 Å². The topological polar surface area (TPSA) is 55.7 Å². The first kappa shape index (κ1) is 19.0. The molecule has 2 atom stereocenters. The number of rotatable bonds is 2. The molecule has 0 amide bonds. The number of hydrogen-bond acceptors (Lipinski definition) is 4. The van der Waals surface area contributed by atoms with Crippen molar-refractivity contribution in [1.29, 1.82) is 0 Å². The minimum atomic E-state index is -0.716. The zero-order chi connectivity index (χ0) is 19.2. The molecule has 1 saturated carbocycles. The molecule has 138 valence electrons. The van der Waals surface area contributed by atoms with Crippen LogP contribution in [0.3, 0.4) is 0 Å². The van der Waals surface area contributed by atoms with Crippen molar-refractivity contribution < 1.29 is 18.7 Å². The summed E-state index contributed by atoms with van der Waals surface area (Å²) in [4.78, 5) is 30.0. The number of benzene rings is 1. The number of esters is 1. The number of aliphatic imine (C=N–C) groups is 1. The summed E-state index contributed by atoms with van der Waals surface area (Å²) in [6.07, 6.45) is 1.02. The summed E-state index contributed by atoms with van der Waals surface area (Å²) < 4.78 is 20.3. The molecule has 6 heteroatoms. The zero-order valence-electron chi connectivity index (χ0n) is 15.2. The van der Waals surface area contributed by atoms with Gasteiger partial charge < -0.3 is 4.74 Å². The number of fused-ring (bicyclic) bond motifs is 1. The zero-order valence-corrected chi connectivity index (χ0v) is 16.8. The highest BCUT2D eigenvalue weighted by Crippen LogP contribution is 2.47. The maximum atomic E-state index is 14.8. The summed E-state index contributed by atoms with van der Waals surface area (Å²) in [5.41, 5.74) is 1.59. The Morgan fingerprint density at radius 1 is 1.31 bits per heavy atom. The summed E-state index contributed by atoms with van der Waals surface area (Å²) in [7, 11) is 1.28. The van der Waals surface area contributed by atoms with E-state index in [1.165, 1.54) is 13.2 Å². The van der Waals surface area contributed by atoms with Gasteiger partial charge in [-0.15, -0.1) is 0 Å². The number of allylic oxidation sites excluding steroid dienone is 1. The third-order valence-corrected chi connectivity index (χ3v) is 5.56. The van der Waals surface area contributed by atoms with Crippen molar-refractivity contribution in [3.05, 3.63) is 45.3 Å². The van der Waals surface area contributed by atoms with Crippen LogP contribution in [0, 0.1) is 17.2 Å². The summed E-state index contributed by atoms with van der Waals surface area (Å²) in [5.74, 6) is -2.39. The van der Waals surface area contributed by atoms with Gasteiger partial charge in [0.15, 0.2) is 0 Å². The van der Waals surface area contributed by atoms with Gasteiger partial charge >= 0.3 is 5.97 Å². The summed E-state index contributed by atoms with van der Waals surface area (Å²) in [6.45, 7) is 5.76. The Morgan fingerprint density at radius 2 is 2.00 bits per heavy atom. The lowest BCUT2D eigenvalue weighted by Crippen LogP contribution is -2.44. The molecule has 0 N–H and O–H groups in total. The maximum Gasteiger partial charge on any atom is 0.336 e. The van der Waals surface area contributed by atoms with Crippen molar-refractivity contribution in [2.75, 3.05) is 7.11 Å². The fourth-order valence-electron chi connectivity index (χ4n) is 4.06. The molecule has 1 aliphatic heterocycles. The minimum Gasteiger partial charge on any atom is -0.466 e. The molecule has 1 fully saturated rings. The van der Waals surface area contributed by atoms with E-state index in [0.29, 0.717) is 28.6 Å². The fourth-order valence-corrected chi connectivity index (χ4v) is 4.39. The van der Waals surface area contributed by atoms with Crippen LogP contribution in [0.4, 0.5) is 4.39 Å². The summed E-state index contributed by atoms with van der Waals surface area (Å²) >= 11 is 3.25. The van der Waals surface area contributed by atoms with Crippen LogP contribution in [-0.2, 0) is 14.3 Å². The van der Waals surface area contributed by atoms with Gasteiger partial charge in [-0.1, -0.05) is 35.8 Å². The molecule has 0 radical (unpaired) electrons. The van der Waals surface area contributed by atoms with E-state index in [9.17, 15) is 14.0 Å². The van der Waals surface area contributed by atoms with Crippen molar-refractivity contribution in [1.82, 2.24) is 0 Å². The number of ketones is 1. The number of nitrogens with zero attached hydrogens (tertiary/aromatic N) is 1.